The highest BCUT2D eigenvalue weighted by atomic mass is 16.6. The lowest BCUT2D eigenvalue weighted by atomic mass is 9.91. The Labute approximate surface area is 151 Å². The van der Waals surface area contributed by atoms with E-state index in [4.69, 9.17) is 9.47 Å². The van der Waals surface area contributed by atoms with Crippen molar-refractivity contribution >= 4 is 12.1 Å². The number of ether oxygens (including phenoxy) is 2. The van der Waals surface area contributed by atoms with Gasteiger partial charge in [-0.2, -0.15) is 0 Å². The molecule has 1 amide bonds. The Balaban J connectivity index is 2.64. The summed E-state index contributed by atoms with van der Waals surface area (Å²) in [6, 6.07) is 5.47. The van der Waals surface area contributed by atoms with Crippen LogP contribution in [0.15, 0.2) is 18.2 Å². The maximum Gasteiger partial charge on any atom is 0.408 e. The number of amides is 1. The minimum Gasteiger partial charge on any atom is -0.461 e. The van der Waals surface area contributed by atoms with Crippen LogP contribution in [0.25, 0.3) is 0 Å². The molecule has 0 heterocycles. The molecule has 3 atom stereocenters. The van der Waals surface area contributed by atoms with E-state index in [2.05, 4.69) is 37.4 Å². The zero-order chi connectivity index (χ0) is 19.4. The van der Waals surface area contributed by atoms with Gasteiger partial charge in [0.25, 0.3) is 0 Å². The number of esters is 1. The summed E-state index contributed by atoms with van der Waals surface area (Å²) in [4.78, 5) is 24.0. The summed E-state index contributed by atoms with van der Waals surface area (Å²) in [5, 5.41) is 2.50. The SMILES string of the molecule is Cc1ccc([C@@H](C)[C@@H](C)OC(=O)[C@H](C)NC(=O)OC(C)(C)C)c(C)c1. The molecular formula is C20H31NO4. The van der Waals surface area contributed by atoms with Crippen LogP contribution in [0.1, 0.15) is 64.2 Å². The van der Waals surface area contributed by atoms with E-state index < -0.39 is 23.7 Å². The van der Waals surface area contributed by atoms with Crippen LogP contribution in [0.4, 0.5) is 4.79 Å². The molecule has 0 radical (unpaired) electrons. The predicted octanol–water partition coefficient (Wildman–Crippen LogP) is 4.25. The summed E-state index contributed by atoms with van der Waals surface area (Å²) >= 11 is 0. The summed E-state index contributed by atoms with van der Waals surface area (Å²) in [6.45, 7) is 14.9. The van der Waals surface area contributed by atoms with E-state index in [1.807, 2.05) is 13.8 Å². The van der Waals surface area contributed by atoms with E-state index in [0.29, 0.717) is 0 Å². The number of carbonyl (C=O) groups excluding carboxylic acids is 2. The van der Waals surface area contributed by atoms with E-state index in [0.717, 1.165) is 5.56 Å². The third kappa shape index (κ3) is 6.77. The van der Waals surface area contributed by atoms with Crippen LogP contribution in [0, 0.1) is 13.8 Å². The van der Waals surface area contributed by atoms with E-state index in [-0.39, 0.29) is 12.0 Å². The van der Waals surface area contributed by atoms with E-state index in [1.165, 1.54) is 11.1 Å². The highest BCUT2D eigenvalue weighted by Crippen LogP contribution is 2.25. The zero-order valence-corrected chi connectivity index (χ0v) is 16.6. The second-order valence-electron chi connectivity index (χ2n) is 7.66. The van der Waals surface area contributed by atoms with Crippen molar-refractivity contribution in [1.29, 1.82) is 0 Å². The summed E-state index contributed by atoms with van der Waals surface area (Å²) in [5.74, 6) is -0.423. The number of hydrogen-bond acceptors (Lipinski definition) is 4. The molecule has 1 N–H and O–H groups in total. The average molecular weight is 349 g/mol. The molecule has 0 unspecified atom stereocenters. The second kappa shape index (κ2) is 8.37. The largest absolute Gasteiger partial charge is 0.461 e. The van der Waals surface area contributed by atoms with Gasteiger partial charge in [0.15, 0.2) is 0 Å². The van der Waals surface area contributed by atoms with Crippen molar-refractivity contribution in [3.8, 4) is 0 Å². The van der Waals surface area contributed by atoms with Gasteiger partial charge in [0.2, 0.25) is 0 Å². The van der Waals surface area contributed by atoms with Gasteiger partial charge >= 0.3 is 12.1 Å². The van der Waals surface area contributed by atoms with Crippen LogP contribution in [-0.2, 0) is 14.3 Å². The summed E-state index contributed by atoms with van der Waals surface area (Å²) < 4.78 is 10.7. The summed E-state index contributed by atoms with van der Waals surface area (Å²) in [6.07, 6.45) is -0.941. The predicted molar refractivity (Wildman–Crippen MR) is 98.7 cm³/mol. The van der Waals surface area contributed by atoms with Crippen LogP contribution >= 0.6 is 0 Å². The molecule has 0 aliphatic carbocycles. The molecule has 0 bridgehead atoms. The highest BCUT2D eigenvalue weighted by molar-refractivity contribution is 5.81. The molecule has 0 aromatic heterocycles. The standard InChI is InChI=1S/C20H31NO4/c1-12-9-10-17(13(2)11-12)14(3)16(5)24-18(22)15(4)21-19(23)25-20(6,7)8/h9-11,14-16H,1-8H3,(H,21,23)/t14-,15-,16+/m0/s1. The quantitative estimate of drug-likeness (QED) is 0.807. The molecule has 25 heavy (non-hydrogen) atoms. The molecule has 0 saturated carbocycles. The third-order valence-corrected chi connectivity index (χ3v) is 4.01. The summed E-state index contributed by atoms with van der Waals surface area (Å²) in [5.41, 5.74) is 2.92. The van der Waals surface area contributed by atoms with Gasteiger partial charge < -0.3 is 14.8 Å². The van der Waals surface area contributed by atoms with Gasteiger partial charge in [0, 0.05) is 5.92 Å². The van der Waals surface area contributed by atoms with Crippen LogP contribution in [-0.4, -0.2) is 29.8 Å². The fourth-order valence-electron chi connectivity index (χ4n) is 2.52. The van der Waals surface area contributed by atoms with Crippen molar-refractivity contribution in [1.82, 2.24) is 5.32 Å². The molecule has 0 aliphatic rings. The Morgan fingerprint density at radius 3 is 2.20 bits per heavy atom. The molecule has 0 aliphatic heterocycles. The first kappa shape index (κ1) is 21.0. The molecule has 140 valence electrons. The van der Waals surface area contributed by atoms with Crippen molar-refractivity contribution in [2.24, 2.45) is 0 Å². The number of aryl methyl sites for hydroxylation is 2. The van der Waals surface area contributed by atoms with Crippen molar-refractivity contribution in [2.45, 2.75) is 79.1 Å². The van der Waals surface area contributed by atoms with Crippen LogP contribution in [0.3, 0.4) is 0 Å². The lowest BCUT2D eigenvalue weighted by Crippen LogP contribution is -2.43. The third-order valence-electron chi connectivity index (χ3n) is 4.01. The number of hydrogen-bond donors (Lipinski definition) is 1. The Morgan fingerprint density at radius 2 is 1.68 bits per heavy atom. The lowest BCUT2D eigenvalue weighted by molar-refractivity contribution is -0.151. The van der Waals surface area contributed by atoms with Gasteiger partial charge in [0.05, 0.1) is 0 Å². The molecule has 0 saturated heterocycles. The van der Waals surface area contributed by atoms with Gasteiger partial charge in [-0.1, -0.05) is 30.7 Å². The Morgan fingerprint density at radius 1 is 1.08 bits per heavy atom. The Bertz CT molecular complexity index is 619. The first-order chi connectivity index (χ1) is 11.4. The number of alkyl carbamates (subject to hydrolysis) is 1. The van der Waals surface area contributed by atoms with Crippen molar-refractivity contribution in [2.75, 3.05) is 0 Å². The Hall–Kier alpha value is -2.04. The molecule has 0 spiro atoms. The van der Waals surface area contributed by atoms with Crippen LogP contribution in [0.2, 0.25) is 0 Å². The maximum absolute atomic E-state index is 12.2. The van der Waals surface area contributed by atoms with Crippen molar-refractivity contribution in [3.63, 3.8) is 0 Å². The van der Waals surface area contributed by atoms with Gasteiger partial charge in [-0.3, -0.25) is 0 Å². The zero-order valence-electron chi connectivity index (χ0n) is 16.6. The van der Waals surface area contributed by atoms with Crippen molar-refractivity contribution < 1.29 is 19.1 Å². The van der Waals surface area contributed by atoms with Crippen LogP contribution < -0.4 is 5.32 Å². The minimum atomic E-state index is -0.774. The fourth-order valence-corrected chi connectivity index (χ4v) is 2.52. The molecule has 0 fully saturated rings. The summed E-state index contributed by atoms with van der Waals surface area (Å²) in [7, 11) is 0. The van der Waals surface area contributed by atoms with E-state index in [1.54, 1.807) is 27.7 Å². The number of rotatable bonds is 5. The highest BCUT2D eigenvalue weighted by Gasteiger charge is 2.25. The van der Waals surface area contributed by atoms with E-state index in [9.17, 15) is 9.59 Å². The molecule has 1 aromatic carbocycles. The monoisotopic (exact) mass is 349 g/mol. The fraction of sp³-hybridized carbons (Fsp3) is 0.600. The van der Waals surface area contributed by atoms with Crippen LogP contribution in [0.5, 0.6) is 0 Å². The lowest BCUT2D eigenvalue weighted by Gasteiger charge is -2.25. The molecule has 5 nitrogen and oxygen atoms in total. The first-order valence-corrected chi connectivity index (χ1v) is 8.68. The van der Waals surface area contributed by atoms with Gasteiger partial charge in [-0.15, -0.1) is 0 Å². The first-order valence-electron chi connectivity index (χ1n) is 8.68. The molecule has 1 rings (SSSR count). The van der Waals surface area contributed by atoms with E-state index >= 15 is 0 Å². The number of benzene rings is 1. The van der Waals surface area contributed by atoms with Gasteiger partial charge in [-0.05, 0) is 59.6 Å². The van der Waals surface area contributed by atoms with Gasteiger partial charge in [-0.25, -0.2) is 9.59 Å². The maximum atomic E-state index is 12.2. The number of nitrogens with one attached hydrogen (secondary N) is 1. The molecule has 5 heteroatoms. The topological polar surface area (TPSA) is 64.6 Å². The minimum absolute atomic E-state index is 0.0540. The average Bonchev–Trinajstić information content (AvgIpc) is 2.44. The molecule has 1 aromatic rings. The Kier molecular flexibility index (Phi) is 7.03. The number of carbonyl (C=O) groups is 2. The molecular weight excluding hydrogens is 318 g/mol. The smallest absolute Gasteiger partial charge is 0.408 e. The van der Waals surface area contributed by atoms with Gasteiger partial charge in [0.1, 0.15) is 17.7 Å². The second-order valence-corrected chi connectivity index (χ2v) is 7.66. The van der Waals surface area contributed by atoms with Crippen molar-refractivity contribution in [3.05, 3.63) is 34.9 Å². The normalized spacial score (nSPS) is 15.0.